The Kier molecular flexibility index (Phi) is 6.60. The highest BCUT2D eigenvalue weighted by Gasteiger charge is 2.21. The minimum Gasteiger partial charge on any atom is -0.309 e. The van der Waals surface area contributed by atoms with Gasteiger partial charge in [0.05, 0.1) is 33.3 Å². The molecular weight excluding hydrogens is 681 g/mol. The number of hydrogen-bond acceptors (Lipinski definition) is 2. The molecule has 0 saturated carbocycles. The first-order chi connectivity index (χ1) is 27.8. The van der Waals surface area contributed by atoms with Crippen molar-refractivity contribution in [2.45, 2.75) is 0 Å². The summed E-state index contributed by atoms with van der Waals surface area (Å²) in [5.74, 6) is 0.650. The molecule has 4 nitrogen and oxygen atoms in total. The second kappa shape index (κ2) is 12.0. The summed E-state index contributed by atoms with van der Waals surface area (Å²) in [5, 5.41) is 10.8. The Hall–Kier alpha value is -7.56. The van der Waals surface area contributed by atoms with Gasteiger partial charge in [-0.3, -0.25) is 4.57 Å². The maximum absolute atomic E-state index is 5.43. The van der Waals surface area contributed by atoms with E-state index < -0.39 is 0 Å². The van der Waals surface area contributed by atoms with E-state index >= 15 is 0 Å². The molecule has 0 saturated heterocycles. The number of nitrogens with zero attached hydrogens (tertiary/aromatic N) is 4. The topological polar surface area (TPSA) is 35.6 Å². The zero-order valence-electron chi connectivity index (χ0n) is 30.3. The highest BCUT2D eigenvalue weighted by atomic mass is 15.2. The Bertz CT molecular complexity index is 3520. The molecule has 12 rings (SSSR count). The van der Waals surface area contributed by atoms with Crippen molar-refractivity contribution in [3.63, 3.8) is 0 Å². The van der Waals surface area contributed by atoms with E-state index in [1.165, 1.54) is 59.9 Å². The van der Waals surface area contributed by atoms with Gasteiger partial charge in [0, 0.05) is 38.2 Å². The van der Waals surface area contributed by atoms with E-state index in [1.807, 2.05) is 0 Å². The summed E-state index contributed by atoms with van der Waals surface area (Å²) < 4.78 is 4.68. The highest BCUT2D eigenvalue weighted by Crippen LogP contribution is 2.41. The summed E-state index contributed by atoms with van der Waals surface area (Å²) >= 11 is 0. The summed E-state index contributed by atoms with van der Waals surface area (Å²) in [6, 6.07) is 69.6. The molecule has 12 aromatic rings. The van der Waals surface area contributed by atoms with Crippen LogP contribution < -0.4 is 0 Å². The molecule has 0 bridgehead atoms. The zero-order chi connectivity index (χ0) is 36.7. The fraction of sp³-hybridized carbons (Fsp3) is 0. The van der Waals surface area contributed by atoms with Crippen LogP contribution in [0.2, 0.25) is 0 Å². The lowest BCUT2D eigenvalue weighted by Crippen LogP contribution is -2.03. The second-order valence-electron chi connectivity index (χ2n) is 14.6. The molecule has 0 aliphatic carbocycles. The molecule has 260 valence electrons. The number of fused-ring (bicyclic) bond motifs is 11. The van der Waals surface area contributed by atoms with E-state index in [2.05, 4.69) is 203 Å². The van der Waals surface area contributed by atoms with Crippen molar-refractivity contribution in [2.75, 3.05) is 0 Å². The normalized spacial score (nSPS) is 11.9. The molecule has 0 radical (unpaired) electrons. The first-order valence-corrected chi connectivity index (χ1v) is 19.1. The van der Waals surface area contributed by atoms with Gasteiger partial charge in [-0.15, -0.1) is 0 Å². The van der Waals surface area contributed by atoms with E-state index in [0.717, 1.165) is 44.3 Å². The minimum atomic E-state index is 0.650. The quantitative estimate of drug-likeness (QED) is 0.182. The minimum absolute atomic E-state index is 0.650. The Morgan fingerprint density at radius 1 is 0.321 bits per heavy atom. The molecule has 3 aromatic heterocycles. The van der Waals surface area contributed by atoms with Crippen LogP contribution in [-0.2, 0) is 0 Å². The number of aromatic nitrogens is 4. The van der Waals surface area contributed by atoms with Crippen LogP contribution in [0, 0.1) is 0 Å². The van der Waals surface area contributed by atoms with Crippen LogP contribution in [0.1, 0.15) is 0 Å². The van der Waals surface area contributed by atoms with Crippen molar-refractivity contribution in [1.29, 1.82) is 0 Å². The highest BCUT2D eigenvalue weighted by molar-refractivity contribution is 6.23. The standard InChI is InChI=1S/C52H32N4/c1-2-12-33(13-3-1)34-22-24-37(25-23-34)51-41-18-8-10-20-44(41)53-52(54-51)56-46-31-28-38(32-43(46)50-40-17-7-5-15-36(40)27-30-48(50)56)55-45-21-11-9-19-42(45)49-39-16-6-4-14-35(39)26-29-47(49)55/h1-32H. The summed E-state index contributed by atoms with van der Waals surface area (Å²) in [7, 11) is 0. The molecule has 3 heterocycles. The van der Waals surface area contributed by atoms with Gasteiger partial charge >= 0.3 is 0 Å². The number of para-hydroxylation sites is 2. The first kappa shape index (κ1) is 30.9. The average Bonchev–Trinajstić information content (AvgIpc) is 3.79. The third kappa shape index (κ3) is 4.53. The van der Waals surface area contributed by atoms with Gasteiger partial charge in [-0.2, -0.15) is 0 Å². The molecule has 0 fully saturated rings. The molecule has 56 heavy (non-hydrogen) atoms. The van der Waals surface area contributed by atoms with Gasteiger partial charge in [0.15, 0.2) is 0 Å². The van der Waals surface area contributed by atoms with Crippen molar-refractivity contribution >= 4 is 76.1 Å². The van der Waals surface area contributed by atoms with E-state index in [1.54, 1.807) is 0 Å². The summed E-state index contributed by atoms with van der Waals surface area (Å²) in [6.45, 7) is 0. The second-order valence-corrected chi connectivity index (χ2v) is 14.6. The number of hydrogen-bond donors (Lipinski definition) is 0. The van der Waals surface area contributed by atoms with Crippen LogP contribution in [0.4, 0.5) is 0 Å². The Morgan fingerprint density at radius 2 is 0.857 bits per heavy atom. The third-order valence-electron chi connectivity index (χ3n) is 11.5. The maximum Gasteiger partial charge on any atom is 0.235 e. The molecule has 0 spiro atoms. The maximum atomic E-state index is 5.43. The lowest BCUT2D eigenvalue weighted by Gasteiger charge is -2.13. The van der Waals surface area contributed by atoms with Crippen molar-refractivity contribution in [1.82, 2.24) is 19.1 Å². The van der Waals surface area contributed by atoms with Gasteiger partial charge in [0.1, 0.15) is 0 Å². The van der Waals surface area contributed by atoms with Crippen molar-refractivity contribution in [2.24, 2.45) is 0 Å². The molecule has 4 heteroatoms. The largest absolute Gasteiger partial charge is 0.309 e. The number of rotatable bonds is 4. The van der Waals surface area contributed by atoms with Crippen LogP contribution in [-0.4, -0.2) is 19.1 Å². The van der Waals surface area contributed by atoms with Crippen LogP contribution >= 0.6 is 0 Å². The van der Waals surface area contributed by atoms with Crippen LogP contribution in [0.3, 0.4) is 0 Å². The molecular formula is C52H32N4. The molecule has 0 amide bonds. The van der Waals surface area contributed by atoms with Crippen LogP contribution in [0.15, 0.2) is 194 Å². The van der Waals surface area contributed by atoms with E-state index in [0.29, 0.717) is 5.95 Å². The van der Waals surface area contributed by atoms with Gasteiger partial charge in [-0.25, -0.2) is 9.97 Å². The smallest absolute Gasteiger partial charge is 0.235 e. The molecule has 0 N–H and O–H groups in total. The van der Waals surface area contributed by atoms with E-state index in [9.17, 15) is 0 Å². The summed E-state index contributed by atoms with van der Waals surface area (Å²) in [5.41, 5.74) is 10.9. The predicted molar refractivity (Wildman–Crippen MR) is 234 cm³/mol. The van der Waals surface area contributed by atoms with Gasteiger partial charge < -0.3 is 4.57 Å². The monoisotopic (exact) mass is 712 g/mol. The van der Waals surface area contributed by atoms with Gasteiger partial charge in [0.2, 0.25) is 5.95 Å². The fourth-order valence-electron chi connectivity index (χ4n) is 8.99. The summed E-state index contributed by atoms with van der Waals surface area (Å²) in [6.07, 6.45) is 0. The van der Waals surface area contributed by atoms with Crippen LogP contribution in [0.25, 0.3) is 110 Å². The molecule has 0 aliphatic rings. The van der Waals surface area contributed by atoms with E-state index in [-0.39, 0.29) is 0 Å². The Morgan fingerprint density at radius 3 is 1.61 bits per heavy atom. The predicted octanol–water partition coefficient (Wildman–Crippen LogP) is 13.5. The van der Waals surface area contributed by atoms with Crippen LogP contribution in [0.5, 0.6) is 0 Å². The van der Waals surface area contributed by atoms with E-state index in [4.69, 9.17) is 9.97 Å². The molecule has 0 atom stereocenters. The Balaban J connectivity index is 1.13. The summed E-state index contributed by atoms with van der Waals surface area (Å²) in [4.78, 5) is 10.7. The molecule has 0 aliphatic heterocycles. The molecule has 0 unspecified atom stereocenters. The van der Waals surface area contributed by atoms with Gasteiger partial charge in [-0.05, 0) is 75.1 Å². The zero-order valence-corrected chi connectivity index (χ0v) is 30.3. The van der Waals surface area contributed by atoms with Crippen molar-refractivity contribution in [3.8, 4) is 34.0 Å². The fourth-order valence-corrected chi connectivity index (χ4v) is 8.99. The van der Waals surface area contributed by atoms with Gasteiger partial charge in [0.25, 0.3) is 0 Å². The van der Waals surface area contributed by atoms with Crippen molar-refractivity contribution < 1.29 is 0 Å². The first-order valence-electron chi connectivity index (χ1n) is 19.1. The molecule has 9 aromatic carbocycles. The van der Waals surface area contributed by atoms with Gasteiger partial charge in [-0.1, -0.05) is 152 Å². The van der Waals surface area contributed by atoms with Crippen molar-refractivity contribution in [3.05, 3.63) is 194 Å². The Labute approximate surface area is 322 Å². The third-order valence-corrected chi connectivity index (χ3v) is 11.5. The SMILES string of the molecule is c1ccc(-c2ccc(-c3nc(-n4c5ccc(-n6c7ccccc7c7c8ccccc8ccc76)cc5c5c6ccccc6ccc54)nc4ccccc34)cc2)cc1. The lowest BCUT2D eigenvalue weighted by atomic mass is 10.0. The number of benzene rings is 9. The average molecular weight is 713 g/mol. The lowest BCUT2D eigenvalue weighted by molar-refractivity contribution is 1.01.